The lowest BCUT2D eigenvalue weighted by atomic mass is 10.1. The van der Waals surface area contributed by atoms with Crippen LogP contribution in [0.25, 0.3) is 11.0 Å². The standard InChI is InChI=1S/C13H13ClO4/c1-3-8-5-7-6-9(14)12(17-4-2)10(13(15)16)11(7)18-8/h5-6H,3-4H2,1-2H3,(H,15,16). The van der Waals surface area contributed by atoms with Gasteiger partial charge in [0.1, 0.15) is 11.3 Å². The van der Waals surface area contributed by atoms with E-state index < -0.39 is 5.97 Å². The number of furan rings is 1. The Labute approximate surface area is 109 Å². The number of rotatable bonds is 4. The minimum Gasteiger partial charge on any atom is -0.491 e. The zero-order valence-electron chi connectivity index (χ0n) is 10.1. The molecule has 1 aromatic carbocycles. The van der Waals surface area contributed by atoms with E-state index in [1.165, 1.54) is 0 Å². The van der Waals surface area contributed by atoms with Gasteiger partial charge in [-0.2, -0.15) is 0 Å². The van der Waals surface area contributed by atoms with Gasteiger partial charge in [-0.3, -0.25) is 0 Å². The summed E-state index contributed by atoms with van der Waals surface area (Å²) < 4.78 is 10.8. The van der Waals surface area contributed by atoms with Crippen LogP contribution in [0.1, 0.15) is 30.0 Å². The van der Waals surface area contributed by atoms with Crippen molar-refractivity contribution in [2.45, 2.75) is 20.3 Å². The molecule has 0 atom stereocenters. The lowest BCUT2D eigenvalue weighted by Crippen LogP contribution is -2.04. The average molecular weight is 269 g/mol. The van der Waals surface area contributed by atoms with Crippen molar-refractivity contribution in [1.29, 1.82) is 0 Å². The Bertz CT molecular complexity index is 601. The quantitative estimate of drug-likeness (QED) is 0.917. The van der Waals surface area contributed by atoms with Crippen LogP contribution in [0, 0.1) is 0 Å². The van der Waals surface area contributed by atoms with Crippen LogP contribution in [-0.2, 0) is 6.42 Å². The molecule has 1 heterocycles. The summed E-state index contributed by atoms with van der Waals surface area (Å²) >= 11 is 6.05. The molecular weight excluding hydrogens is 256 g/mol. The minimum atomic E-state index is -1.11. The Morgan fingerprint density at radius 1 is 1.44 bits per heavy atom. The van der Waals surface area contributed by atoms with E-state index in [0.29, 0.717) is 24.0 Å². The first-order chi connectivity index (χ1) is 8.58. The van der Waals surface area contributed by atoms with E-state index >= 15 is 0 Å². The van der Waals surface area contributed by atoms with E-state index in [1.54, 1.807) is 19.1 Å². The number of fused-ring (bicyclic) bond motifs is 1. The fraction of sp³-hybridized carbons (Fsp3) is 0.308. The van der Waals surface area contributed by atoms with Crippen molar-refractivity contribution >= 4 is 28.5 Å². The summed E-state index contributed by atoms with van der Waals surface area (Å²) in [5.41, 5.74) is 0.297. The number of hydrogen-bond acceptors (Lipinski definition) is 3. The second kappa shape index (κ2) is 4.90. The molecule has 0 bridgehead atoms. The average Bonchev–Trinajstić information content (AvgIpc) is 2.71. The number of carboxylic acid groups (broad SMARTS) is 1. The van der Waals surface area contributed by atoms with Crippen molar-refractivity contribution in [3.8, 4) is 5.75 Å². The molecule has 2 rings (SSSR count). The molecule has 1 N–H and O–H groups in total. The summed E-state index contributed by atoms with van der Waals surface area (Å²) in [6, 6.07) is 3.46. The highest BCUT2D eigenvalue weighted by molar-refractivity contribution is 6.33. The summed E-state index contributed by atoms with van der Waals surface area (Å²) in [7, 11) is 0. The van der Waals surface area contributed by atoms with Crippen LogP contribution in [0.2, 0.25) is 5.02 Å². The van der Waals surface area contributed by atoms with Gasteiger partial charge >= 0.3 is 5.97 Å². The molecule has 0 aliphatic rings. The molecule has 0 aliphatic heterocycles. The highest BCUT2D eigenvalue weighted by atomic mass is 35.5. The van der Waals surface area contributed by atoms with Crippen molar-refractivity contribution in [2.24, 2.45) is 0 Å². The molecule has 0 spiro atoms. The molecule has 0 aliphatic carbocycles. The Kier molecular flexibility index (Phi) is 3.48. The molecule has 96 valence electrons. The van der Waals surface area contributed by atoms with Crippen molar-refractivity contribution in [1.82, 2.24) is 0 Å². The molecule has 5 heteroatoms. The predicted molar refractivity (Wildman–Crippen MR) is 68.7 cm³/mol. The van der Waals surface area contributed by atoms with E-state index in [1.807, 2.05) is 6.92 Å². The third kappa shape index (κ3) is 2.04. The SMILES string of the molecule is CCOc1c(Cl)cc2cc(CC)oc2c1C(=O)O. The van der Waals surface area contributed by atoms with Crippen molar-refractivity contribution in [2.75, 3.05) is 6.61 Å². The summed E-state index contributed by atoms with van der Waals surface area (Å²) in [5.74, 6) is -0.226. The lowest BCUT2D eigenvalue weighted by Gasteiger charge is -2.09. The number of benzene rings is 1. The van der Waals surface area contributed by atoms with E-state index in [9.17, 15) is 9.90 Å². The van der Waals surface area contributed by atoms with Crippen molar-refractivity contribution in [3.63, 3.8) is 0 Å². The van der Waals surface area contributed by atoms with Crippen LogP contribution in [-0.4, -0.2) is 17.7 Å². The second-order valence-electron chi connectivity index (χ2n) is 3.79. The van der Waals surface area contributed by atoms with Gasteiger partial charge in [-0.1, -0.05) is 18.5 Å². The van der Waals surface area contributed by atoms with E-state index in [4.69, 9.17) is 20.8 Å². The smallest absolute Gasteiger partial charge is 0.343 e. The molecule has 0 saturated heterocycles. The molecule has 0 fully saturated rings. The summed E-state index contributed by atoms with van der Waals surface area (Å²) in [4.78, 5) is 11.4. The number of hydrogen-bond donors (Lipinski definition) is 1. The first kappa shape index (κ1) is 12.8. The Balaban J connectivity index is 2.78. The van der Waals surface area contributed by atoms with Gasteiger partial charge in [0.15, 0.2) is 11.3 Å². The summed E-state index contributed by atoms with van der Waals surface area (Å²) in [5, 5.41) is 10.3. The monoisotopic (exact) mass is 268 g/mol. The topological polar surface area (TPSA) is 59.7 Å². The number of halogens is 1. The van der Waals surface area contributed by atoms with Gasteiger partial charge in [0.25, 0.3) is 0 Å². The summed E-state index contributed by atoms with van der Waals surface area (Å²) in [6.07, 6.45) is 0.690. The maximum atomic E-state index is 11.4. The summed E-state index contributed by atoms with van der Waals surface area (Å²) in [6.45, 7) is 4.04. The Morgan fingerprint density at radius 2 is 2.17 bits per heavy atom. The lowest BCUT2D eigenvalue weighted by molar-refractivity contribution is 0.0693. The maximum Gasteiger partial charge on any atom is 0.343 e. The fourth-order valence-electron chi connectivity index (χ4n) is 1.84. The molecule has 4 nitrogen and oxygen atoms in total. The molecule has 0 saturated carbocycles. The predicted octanol–water partition coefficient (Wildman–Crippen LogP) is 3.75. The number of carboxylic acids is 1. The van der Waals surface area contributed by atoms with Gasteiger partial charge < -0.3 is 14.3 Å². The third-order valence-electron chi connectivity index (χ3n) is 2.62. The van der Waals surface area contributed by atoms with Crippen LogP contribution in [0.4, 0.5) is 0 Å². The second-order valence-corrected chi connectivity index (χ2v) is 4.19. The van der Waals surface area contributed by atoms with E-state index in [0.717, 1.165) is 5.76 Å². The number of aromatic carboxylic acids is 1. The Hall–Kier alpha value is -1.68. The van der Waals surface area contributed by atoms with Gasteiger partial charge in [0, 0.05) is 11.8 Å². The van der Waals surface area contributed by atoms with Crippen LogP contribution in [0.15, 0.2) is 16.5 Å². The molecule has 2 aromatic rings. The van der Waals surface area contributed by atoms with E-state index in [2.05, 4.69) is 0 Å². The number of carbonyl (C=O) groups is 1. The van der Waals surface area contributed by atoms with Crippen LogP contribution in [0.3, 0.4) is 0 Å². The molecule has 0 radical (unpaired) electrons. The molecule has 0 unspecified atom stereocenters. The maximum absolute atomic E-state index is 11.4. The van der Waals surface area contributed by atoms with Crippen molar-refractivity contribution in [3.05, 3.63) is 28.5 Å². The normalized spacial score (nSPS) is 10.8. The van der Waals surface area contributed by atoms with Crippen molar-refractivity contribution < 1.29 is 19.1 Å². The van der Waals surface area contributed by atoms with Gasteiger partial charge in [0.2, 0.25) is 0 Å². The first-order valence-corrected chi connectivity index (χ1v) is 6.07. The number of ether oxygens (including phenoxy) is 1. The zero-order valence-corrected chi connectivity index (χ0v) is 10.9. The molecule has 0 amide bonds. The Morgan fingerprint density at radius 3 is 2.72 bits per heavy atom. The van der Waals surface area contributed by atoms with Gasteiger partial charge in [-0.25, -0.2) is 4.79 Å². The molecule has 1 aromatic heterocycles. The minimum absolute atomic E-state index is 0.0148. The highest BCUT2D eigenvalue weighted by Crippen LogP contribution is 2.37. The van der Waals surface area contributed by atoms with Crippen LogP contribution < -0.4 is 4.74 Å². The van der Waals surface area contributed by atoms with Gasteiger partial charge in [0.05, 0.1) is 11.6 Å². The first-order valence-electron chi connectivity index (χ1n) is 5.69. The van der Waals surface area contributed by atoms with Gasteiger partial charge in [-0.05, 0) is 19.1 Å². The van der Waals surface area contributed by atoms with Gasteiger partial charge in [-0.15, -0.1) is 0 Å². The zero-order chi connectivity index (χ0) is 13.3. The van der Waals surface area contributed by atoms with Crippen LogP contribution in [0.5, 0.6) is 5.75 Å². The number of aryl methyl sites for hydroxylation is 1. The van der Waals surface area contributed by atoms with Crippen LogP contribution >= 0.6 is 11.6 Å². The van der Waals surface area contributed by atoms with E-state index in [-0.39, 0.29) is 16.3 Å². The molecular formula is C13H13ClO4. The third-order valence-corrected chi connectivity index (χ3v) is 2.90. The largest absolute Gasteiger partial charge is 0.491 e. The highest BCUT2D eigenvalue weighted by Gasteiger charge is 2.22. The fourth-order valence-corrected chi connectivity index (χ4v) is 2.11. The molecule has 18 heavy (non-hydrogen) atoms.